The number of carbonyl (C=O) groups is 1. The number of nitrogens with zero attached hydrogens (tertiary/aromatic N) is 4. The Morgan fingerprint density at radius 1 is 1.10 bits per heavy atom. The molecule has 142 valence electrons. The van der Waals surface area contributed by atoms with Gasteiger partial charge in [-0.15, -0.1) is 10.2 Å². The van der Waals surface area contributed by atoms with Gasteiger partial charge >= 0.3 is 5.63 Å². The van der Waals surface area contributed by atoms with Gasteiger partial charge < -0.3 is 4.42 Å². The number of ketones is 1. The molecule has 5 rings (SSSR count). The van der Waals surface area contributed by atoms with Crippen molar-refractivity contribution in [3.63, 3.8) is 0 Å². The molecule has 3 heterocycles. The van der Waals surface area contributed by atoms with Crippen LogP contribution in [0.25, 0.3) is 22.4 Å². The SMILES string of the molecule is CC(=O)c1ccc(C2=Nn3c(nnc3-c3cc4ccccc4oc3=O)SC2)cc1. The van der Waals surface area contributed by atoms with Crippen LogP contribution in [0.1, 0.15) is 22.8 Å². The zero-order chi connectivity index (χ0) is 20.0. The third-order valence-corrected chi connectivity index (χ3v) is 5.61. The van der Waals surface area contributed by atoms with E-state index in [1.165, 1.54) is 18.7 Å². The lowest BCUT2D eigenvalue weighted by Gasteiger charge is -2.14. The number of para-hydroxylation sites is 1. The maximum Gasteiger partial charge on any atom is 0.347 e. The molecule has 1 aliphatic heterocycles. The summed E-state index contributed by atoms with van der Waals surface area (Å²) in [6, 6.07) is 16.4. The standard InChI is InChI=1S/C21H14N4O3S/c1-12(26)13-6-8-14(9-7-13)17-11-29-21-23-22-19(25(21)24-17)16-10-15-4-2-3-5-18(15)28-20(16)27/h2-10H,11H2,1H3. The molecule has 4 aromatic rings. The Morgan fingerprint density at radius 3 is 2.69 bits per heavy atom. The van der Waals surface area contributed by atoms with Crippen molar-refractivity contribution < 1.29 is 9.21 Å². The number of aromatic nitrogens is 3. The average molecular weight is 402 g/mol. The molecule has 0 N–H and O–H groups in total. The first-order chi connectivity index (χ1) is 14.1. The highest BCUT2D eigenvalue weighted by molar-refractivity contribution is 7.99. The topological polar surface area (TPSA) is 90.3 Å². The lowest BCUT2D eigenvalue weighted by molar-refractivity contribution is 0.101. The third-order valence-electron chi connectivity index (χ3n) is 4.68. The fraction of sp³-hybridized carbons (Fsp3) is 0.0952. The van der Waals surface area contributed by atoms with Crippen molar-refractivity contribution in [3.8, 4) is 11.4 Å². The number of fused-ring (bicyclic) bond motifs is 2. The van der Waals surface area contributed by atoms with Crippen LogP contribution in [0.4, 0.5) is 0 Å². The fourth-order valence-electron chi connectivity index (χ4n) is 3.15. The van der Waals surface area contributed by atoms with Gasteiger partial charge in [0.05, 0.1) is 5.71 Å². The number of hydrogen-bond donors (Lipinski definition) is 0. The molecule has 0 amide bonds. The van der Waals surface area contributed by atoms with Crippen molar-refractivity contribution in [2.24, 2.45) is 5.10 Å². The number of rotatable bonds is 3. The second kappa shape index (κ2) is 6.82. The van der Waals surface area contributed by atoms with E-state index in [9.17, 15) is 9.59 Å². The molecule has 0 fully saturated rings. The van der Waals surface area contributed by atoms with Crippen LogP contribution < -0.4 is 5.63 Å². The van der Waals surface area contributed by atoms with Gasteiger partial charge in [-0.25, -0.2) is 4.79 Å². The summed E-state index contributed by atoms with van der Waals surface area (Å²) < 4.78 is 7.00. The molecule has 2 aromatic carbocycles. The highest BCUT2D eigenvalue weighted by Gasteiger charge is 2.23. The second-order valence-electron chi connectivity index (χ2n) is 6.57. The number of carbonyl (C=O) groups excluding carboxylic acids is 1. The zero-order valence-electron chi connectivity index (χ0n) is 15.3. The monoisotopic (exact) mass is 402 g/mol. The first-order valence-corrected chi connectivity index (χ1v) is 9.89. The van der Waals surface area contributed by atoms with E-state index >= 15 is 0 Å². The fourth-order valence-corrected chi connectivity index (χ4v) is 3.99. The lowest BCUT2D eigenvalue weighted by Crippen LogP contribution is -2.15. The molecule has 29 heavy (non-hydrogen) atoms. The van der Waals surface area contributed by atoms with E-state index in [1.54, 1.807) is 28.9 Å². The highest BCUT2D eigenvalue weighted by Crippen LogP contribution is 2.28. The highest BCUT2D eigenvalue weighted by atomic mass is 32.2. The van der Waals surface area contributed by atoms with E-state index in [0.29, 0.717) is 33.4 Å². The predicted molar refractivity (Wildman–Crippen MR) is 111 cm³/mol. The minimum absolute atomic E-state index is 0.0166. The molecule has 0 spiro atoms. The van der Waals surface area contributed by atoms with Gasteiger partial charge in [-0.2, -0.15) is 9.78 Å². The van der Waals surface area contributed by atoms with Crippen LogP contribution in [-0.2, 0) is 0 Å². The number of thioether (sulfide) groups is 1. The summed E-state index contributed by atoms with van der Waals surface area (Å²) in [5, 5.41) is 14.4. The van der Waals surface area contributed by atoms with Crippen molar-refractivity contribution in [1.29, 1.82) is 0 Å². The summed E-state index contributed by atoms with van der Waals surface area (Å²) in [6.07, 6.45) is 0. The zero-order valence-corrected chi connectivity index (χ0v) is 16.1. The largest absolute Gasteiger partial charge is 0.422 e. The normalized spacial score (nSPS) is 13.2. The van der Waals surface area contributed by atoms with Gasteiger partial charge in [0.1, 0.15) is 11.1 Å². The Bertz CT molecular complexity index is 1350. The summed E-state index contributed by atoms with van der Waals surface area (Å²) in [4.78, 5) is 24.0. The maximum atomic E-state index is 12.5. The van der Waals surface area contributed by atoms with Crippen molar-refractivity contribution >= 4 is 34.2 Å². The first-order valence-electron chi connectivity index (χ1n) is 8.91. The molecule has 8 heteroatoms. The quantitative estimate of drug-likeness (QED) is 0.384. The number of hydrogen-bond acceptors (Lipinski definition) is 7. The number of Topliss-reactive ketones (excluding diaryl/α,β-unsaturated/α-hetero) is 1. The molecule has 7 nitrogen and oxygen atoms in total. The molecule has 0 saturated heterocycles. The summed E-state index contributed by atoms with van der Waals surface area (Å²) in [7, 11) is 0. The number of benzene rings is 2. The smallest absolute Gasteiger partial charge is 0.347 e. The predicted octanol–water partition coefficient (Wildman–Crippen LogP) is 3.61. The molecule has 0 atom stereocenters. The van der Waals surface area contributed by atoms with E-state index in [0.717, 1.165) is 16.7 Å². The summed E-state index contributed by atoms with van der Waals surface area (Å²) >= 11 is 1.49. The molecule has 0 saturated carbocycles. The average Bonchev–Trinajstić information content (AvgIpc) is 3.16. The van der Waals surface area contributed by atoms with Crippen LogP contribution in [0.3, 0.4) is 0 Å². The van der Waals surface area contributed by atoms with E-state index in [1.807, 2.05) is 30.3 Å². The third kappa shape index (κ3) is 3.07. The van der Waals surface area contributed by atoms with Crippen LogP contribution in [0, 0.1) is 0 Å². The molecule has 2 aromatic heterocycles. The van der Waals surface area contributed by atoms with Gasteiger partial charge in [0.15, 0.2) is 11.6 Å². The summed E-state index contributed by atoms with van der Waals surface area (Å²) in [5.74, 6) is 0.969. The first kappa shape index (κ1) is 17.6. The van der Waals surface area contributed by atoms with Gasteiger partial charge in [-0.1, -0.05) is 54.2 Å². The van der Waals surface area contributed by atoms with E-state index < -0.39 is 5.63 Å². The Kier molecular flexibility index (Phi) is 4.13. The summed E-state index contributed by atoms with van der Waals surface area (Å²) in [5.41, 5.74) is 2.69. The van der Waals surface area contributed by atoms with Crippen LogP contribution in [0.15, 0.2) is 74.1 Å². The van der Waals surface area contributed by atoms with E-state index in [4.69, 9.17) is 4.42 Å². The second-order valence-corrected chi connectivity index (χ2v) is 7.51. The van der Waals surface area contributed by atoms with Gasteiger partial charge in [0.2, 0.25) is 5.16 Å². The van der Waals surface area contributed by atoms with Crippen molar-refractivity contribution in [1.82, 2.24) is 14.9 Å². The van der Waals surface area contributed by atoms with Crippen LogP contribution >= 0.6 is 11.8 Å². The maximum absolute atomic E-state index is 12.5. The molecule has 0 radical (unpaired) electrons. The van der Waals surface area contributed by atoms with Crippen molar-refractivity contribution in [2.45, 2.75) is 12.1 Å². The van der Waals surface area contributed by atoms with Crippen LogP contribution in [-0.4, -0.2) is 32.1 Å². The van der Waals surface area contributed by atoms with Crippen molar-refractivity contribution in [2.75, 3.05) is 5.75 Å². The van der Waals surface area contributed by atoms with Crippen LogP contribution in [0.2, 0.25) is 0 Å². The molecular weight excluding hydrogens is 388 g/mol. The molecule has 0 bridgehead atoms. The van der Waals surface area contributed by atoms with Crippen LogP contribution in [0.5, 0.6) is 0 Å². The van der Waals surface area contributed by atoms with E-state index in [-0.39, 0.29) is 5.78 Å². The van der Waals surface area contributed by atoms with E-state index in [2.05, 4.69) is 15.3 Å². The molecule has 0 unspecified atom stereocenters. The molecular formula is C21H14N4O3S. The summed E-state index contributed by atoms with van der Waals surface area (Å²) in [6.45, 7) is 1.54. The Labute approximate surface area is 169 Å². The Morgan fingerprint density at radius 2 is 1.90 bits per heavy atom. The minimum atomic E-state index is -0.489. The lowest BCUT2D eigenvalue weighted by atomic mass is 10.1. The molecule has 0 aliphatic carbocycles. The van der Waals surface area contributed by atoms with Crippen molar-refractivity contribution in [3.05, 3.63) is 76.1 Å². The van der Waals surface area contributed by atoms with Gasteiger partial charge in [0.25, 0.3) is 0 Å². The Hall–Kier alpha value is -3.52. The Balaban J connectivity index is 1.61. The van der Waals surface area contributed by atoms with Gasteiger partial charge in [0, 0.05) is 16.7 Å². The minimum Gasteiger partial charge on any atom is -0.422 e. The van der Waals surface area contributed by atoms with Gasteiger partial charge in [-0.05, 0) is 24.6 Å². The molecule has 1 aliphatic rings. The van der Waals surface area contributed by atoms with Gasteiger partial charge in [-0.3, -0.25) is 4.79 Å².